The van der Waals surface area contributed by atoms with E-state index in [1.807, 2.05) is 5.01 Å². The Kier molecular flexibility index (Phi) is 3.00. The van der Waals surface area contributed by atoms with Gasteiger partial charge in [0.1, 0.15) is 5.82 Å². The molecule has 0 atom stereocenters. The summed E-state index contributed by atoms with van der Waals surface area (Å²) in [6, 6.07) is 0. The highest BCUT2D eigenvalue weighted by Gasteiger charge is 2.28. The zero-order valence-electron chi connectivity index (χ0n) is 10.5. The molecule has 2 heterocycles. The minimum atomic E-state index is -0.220. The number of aromatic nitrogens is 3. The number of piperazine rings is 1. The maximum absolute atomic E-state index is 11.9. The van der Waals surface area contributed by atoms with E-state index in [1.165, 1.54) is 0 Å². The number of likely N-dealkylation sites (N-methyl/N-ethyl adjacent to an activating group) is 1. The van der Waals surface area contributed by atoms with Crippen molar-refractivity contribution in [3.63, 3.8) is 0 Å². The molecule has 0 radical (unpaired) electrons. The van der Waals surface area contributed by atoms with Crippen LogP contribution in [0.2, 0.25) is 0 Å². The van der Waals surface area contributed by atoms with Gasteiger partial charge in [0.2, 0.25) is 5.82 Å². The zero-order valence-corrected chi connectivity index (χ0v) is 10.5. The smallest absolute Gasteiger partial charge is 0.304 e. The summed E-state index contributed by atoms with van der Waals surface area (Å²) in [5.41, 5.74) is 2.85. The first-order valence-corrected chi connectivity index (χ1v) is 6.39. The Morgan fingerprint density at radius 2 is 2.06 bits per heavy atom. The van der Waals surface area contributed by atoms with Crippen LogP contribution in [0.5, 0.6) is 0 Å². The van der Waals surface area contributed by atoms with E-state index in [2.05, 4.69) is 32.6 Å². The van der Waals surface area contributed by atoms with Gasteiger partial charge < -0.3 is 4.90 Å². The summed E-state index contributed by atoms with van der Waals surface area (Å²) in [5.74, 6) is 1.36. The van der Waals surface area contributed by atoms with E-state index >= 15 is 0 Å². The standard InChI is InChI=1S/C11H18N6O/c1-16-4-6-17(7-5-16)15-11(18)10-12-9(13-14-10)8-2-3-8/h8H,2-7H2,1H3,(H,15,18)(H,12,13,14). The Labute approximate surface area is 106 Å². The van der Waals surface area contributed by atoms with Crippen molar-refractivity contribution in [2.45, 2.75) is 18.8 Å². The van der Waals surface area contributed by atoms with Crippen LogP contribution in [0.3, 0.4) is 0 Å². The summed E-state index contributed by atoms with van der Waals surface area (Å²) in [4.78, 5) is 18.4. The maximum Gasteiger partial charge on any atom is 0.305 e. The lowest BCUT2D eigenvalue weighted by Gasteiger charge is -2.31. The van der Waals surface area contributed by atoms with Crippen LogP contribution >= 0.6 is 0 Å². The van der Waals surface area contributed by atoms with E-state index in [-0.39, 0.29) is 11.7 Å². The minimum Gasteiger partial charge on any atom is -0.304 e. The molecule has 7 nitrogen and oxygen atoms in total. The van der Waals surface area contributed by atoms with Crippen LogP contribution in [0, 0.1) is 0 Å². The normalized spacial score (nSPS) is 22.1. The van der Waals surface area contributed by atoms with Gasteiger partial charge in [-0.2, -0.15) is 0 Å². The lowest BCUT2D eigenvalue weighted by atomic mass is 10.4. The van der Waals surface area contributed by atoms with E-state index in [4.69, 9.17) is 0 Å². The number of rotatable bonds is 3. The summed E-state index contributed by atoms with van der Waals surface area (Å²) < 4.78 is 0. The molecule has 7 heteroatoms. The summed E-state index contributed by atoms with van der Waals surface area (Å²) in [6.07, 6.45) is 2.30. The second-order valence-electron chi connectivity index (χ2n) is 5.05. The second kappa shape index (κ2) is 4.66. The molecule has 0 aromatic carbocycles. The van der Waals surface area contributed by atoms with E-state index in [0.717, 1.165) is 44.8 Å². The molecule has 1 aromatic rings. The van der Waals surface area contributed by atoms with E-state index < -0.39 is 0 Å². The molecule has 98 valence electrons. The Bertz CT molecular complexity index is 432. The molecule has 1 aromatic heterocycles. The Morgan fingerprint density at radius 1 is 1.33 bits per heavy atom. The molecule has 18 heavy (non-hydrogen) atoms. The van der Waals surface area contributed by atoms with Crippen molar-refractivity contribution in [2.24, 2.45) is 0 Å². The minimum absolute atomic E-state index is 0.220. The number of hydrazine groups is 1. The monoisotopic (exact) mass is 250 g/mol. The number of aromatic amines is 1. The maximum atomic E-state index is 11.9. The van der Waals surface area contributed by atoms with Gasteiger partial charge in [0.05, 0.1) is 0 Å². The number of hydrogen-bond acceptors (Lipinski definition) is 5. The fourth-order valence-electron chi connectivity index (χ4n) is 2.03. The fraction of sp³-hybridized carbons (Fsp3) is 0.727. The Balaban J connectivity index is 1.56. The molecule has 1 saturated carbocycles. The molecule has 0 bridgehead atoms. The number of hydrogen-bond donors (Lipinski definition) is 2. The van der Waals surface area contributed by atoms with Gasteiger partial charge >= 0.3 is 5.91 Å². The van der Waals surface area contributed by atoms with Gasteiger partial charge in [0, 0.05) is 32.1 Å². The molecule has 2 aliphatic rings. The highest BCUT2D eigenvalue weighted by molar-refractivity contribution is 5.89. The largest absolute Gasteiger partial charge is 0.305 e. The molecule has 1 saturated heterocycles. The fourth-order valence-corrected chi connectivity index (χ4v) is 2.03. The predicted molar refractivity (Wildman–Crippen MR) is 64.9 cm³/mol. The summed E-state index contributed by atoms with van der Waals surface area (Å²) in [6.45, 7) is 3.59. The van der Waals surface area contributed by atoms with Gasteiger partial charge in [-0.15, -0.1) is 5.10 Å². The first kappa shape index (κ1) is 11.6. The van der Waals surface area contributed by atoms with Crippen molar-refractivity contribution in [1.82, 2.24) is 30.5 Å². The van der Waals surface area contributed by atoms with Gasteiger partial charge in [0.15, 0.2) is 0 Å². The lowest BCUT2D eigenvalue weighted by molar-refractivity contribution is 0.0653. The van der Waals surface area contributed by atoms with Crippen LogP contribution in [-0.2, 0) is 0 Å². The van der Waals surface area contributed by atoms with Gasteiger partial charge in [0.25, 0.3) is 0 Å². The quantitative estimate of drug-likeness (QED) is 0.761. The highest BCUT2D eigenvalue weighted by atomic mass is 16.2. The third-order valence-electron chi connectivity index (χ3n) is 3.43. The third-order valence-corrected chi connectivity index (χ3v) is 3.43. The van der Waals surface area contributed by atoms with Crippen molar-refractivity contribution >= 4 is 5.91 Å². The summed E-state index contributed by atoms with van der Waals surface area (Å²) in [7, 11) is 2.08. The molecule has 1 aliphatic carbocycles. The average Bonchev–Trinajstić information content (AvgIpc) is 3.10. The number of nitrogens with one attached hydrogen (secondary N) is 2. The molecule has 0 spiro atoms. The first-order chi connectivity index (χ1) is 8.72. The topological polar surface area (TPSA) is 77.1 Å². The second-order valence-corrected chi connectivity index (χ2v) is 5.05. The van der Waals surface area contributed by atoms with Crippen molar-refractivity contribution in [1.29, 1.82) is 0 Å². The molecule has 2 fully saturated rings. The molecular weight excluding hydrogens is 232 g/mol. The van der Waals surface area contributed by atoms with Crippen molar-refractivity contribution < 1.29 is 4.79 Å². The molecule has 3 rings (SSSR count). The lowest BCUT2D eigenvalue weighted by Crippen LogP contribution is -2.52. The molecular formula is C11H18N6O. The van der Waals surface area contributed by atoms with Crippen LogP contribution in [0.4, 0.5) is 0 Å². The summed E-state index contributed by atoms with van der Waals surface area (Å²) in [5, 5.41) is 8.74. The van der Waals surface area contributed by atoms with Crippen LogP contribution in [0.25, 0.3) is 0 Å². The number of nitrogens with zero attached hydrogens (tertiary/aromatic N) is 4. The van der Waals surface area contributed by atoms with Crippen LogP contribution in [0.15, 0.2) is 0 Å². The van der Waals surface area contributed by atoms with Crippen LogP contribution < -0.4 is 5.43 Å². The van der Waals surface area contributed by atoms with E-state index in [0.29, 0.717) is 5.92 Å². The van der Waals surface area contributed by atoms with E-state index in [9.17, 15) is 4.79 Å². The number of H-pyrrole nitrogens is 1. The van der Waals surface area contributed by atoms with Crippen molar-refractivity contribution in [2.75, 3.05) is 33.2 Å². The van der Waals surface area contributed by atoms with Gasteiger partial charge in [-0.3, -0.25) is 15.3 Å². The van der Waals surface area contributed by atoms with Gasteiger partial charge in [-0.05, 0) is 19.9 Å². The predicted octanol–water partition coefficient (Wildman–Crippen LogP) is -0.426. The third kappa shape index (κ3) is 2.51. The SMILES string of the molecule is CN1CCN(NC(=O)c2n[nH]c(C3CC3)n2)CC1. The average molecular weight is 250 g/mol. The number of amides is 1. The molecule has 2 N–H and O–H groups in total. The highest BCUT2D eigenvalue weighted by Crippen LogP contribution is 2.37. The summed E-state index contributed by atoms with van der Waals surface area (Å²) >= 11 is 0. The first-order valence-electron chi connectivity index (χ1n) is 6.39. The number of carbonyl (C=O) groups excluding carboxylic acids is 1. The number of carbonyl (C=O) groups is 1. The Morgan fingerprint density at radius 3 is 2.72 bits per heavy atom. The Hall–Kier alpha value is -1.47. The zero-order chi connectivity index (χ0) is 12.5. The van der Waals surface area contributed by atoms with Gasteiger partial charge in [-0.1, -0.05) is 0 Å². The van der Waals surface area contributed by atoms with Crippen molar-refractivity contribution in [3.05, 3.63) is 11.6 Å². The van der Waals surface area contributed by atoms with E-state index in [1.54, 1.807) is 0 Å². The van der Waals surface area contributed by atoms with Gasteiger partial charge in [-0.25, -0.2) is 9.99 Å². The van der Waals surface area contributed by atoms with Crippen LogP contribution in [-0.4, -0.2) is 64.2 Å². The van der Waals surface area contributed by atoms with Crippen LogP contribution in [0.1, 0.15) is 35.2 Å². The van der Waals surface area contributed by atoms with Crippen molar-refractivity contribution in [3.8, 4) is 0 Å². The molecule has 1 amide bonds. The molecule has 0 unspecified atom stereocenters. The molecule has 1 aliphatic heterocycles.